The summed E-state index contributed by atoms with van der Waals surface area (Å²) in [5.74, 6) is -0.348. The van der Waals surface area contributed by atoms with Gasteiger partial charge in [0.15, 0.2) is 0 Å². The minimum atomic E-state index is -0.811. The van der Waals surface area contributed by atoms with Crippen molar-refractivity contribution < 1.29 is 9.50 Å². The molecule has 0 aromatic heterocycles. The van der Waals surface area contributed by atoms with Crippen molar-refractivity contribution in [1.82, 2.24) is 0 Å². The number of benzene rings is 2. The number of halogens is 4. The van der Waals surface area contributed by atoms with E-state index in [1.54, 1.807) is 12.1 Å². The summed E-state index contributed by atoms with van der Waals surface area (Å²) in [6.07, 6.45) is -0.811. The fraction of sp³-hybridized carbons (Fsp3) is 0.0769. The lowest BCUT2D eigenvalue weighted by Gasteiger charge is -2.14. The van der Waals surface area contributed by atoms with E-state index in [2.05, 4.69) is 47.8 Å². The molecule has 94 valence electrons. The van der Waals surface area contributed by atoms with Crippen molar-refractivity contribution in [2.45, 2.75) is 6.10 Å². The maximum atomic E-state index is 13.2. The summed E-state index contributed by atoms with van der Waals surface area (Å²) in [5.41, 5.74) is 1.35. The van der Waals surface area contributed by atoms with Crippen LogP contribution in [0.1, 0.15) is 17.2 Å². The second-order valence-corrected chi connectivity index (χ2v) is 6.37. The summed E-state index contributed by atoms with van der Waals surface area (Å²) in [6.45, 7) is 0. The second kappa shape index (κ2) is 5.82. The monoisotopic (exact) mass is 436 g/mol. The molecule has 0 fully saturated rings. The summed E-state index contributed by atoms with van der Waals surface area (Å²) in [5, 5.41) is 10.3. The Bertz CT molecular complexity index is 586. The standard InChI is InChI=1S/C13H8Br3FO/c14-8-2-3-10(15)9(6-8)13(18)7-1-4-12(17)11(16)5-7/h1-6,13,18H. The topological polar surface area (TPSA) is 20.2 Å². The van der Waals surface area contributed by atoms with Gasteiger partial charge in [0.2, 0.25) is 0 Å². The molecule has 0 bridgehead atoms. The van der Waals surface area contributed by atoms with Crippen molar-refractivity contribution in [2.75, 3.05) is 0 Å². The van der Waals surface area contributed by atoms with Gasteiger partial charge in [-0.25, -0.2) is 4.39 Å². The molecule has 0 heterocycles. The molecule has 1 nitrogen and oxygen atoms in total. The third-order valence-electron chi connectivity index (χ3n) is 2.51. The molecule has 0 aliphatic carbocycles. The summed E-state index contributed by atoms with van der Waals surface area (Å²) in [4.78, 5) is 0. The smallest absolute Gasteiger partial charge is 0.137 e. The number of rotatable bonds is 2. The first kappa shape index (κ1) is 14.2. The Kier molecular flexibility index (Phi) is 4.59. The Balaban J connectivity index is 2.44. The van der Waals surface area contributed by atoms with Crippen LogP contribution in [0.25, 0.3) is 0 Å². The lowest BCUT2D eigenvalue weighted by atomic mass is 10.0. The van der Waals surface area contributed by atoms with Crippen LogP contribution >= 0.6 is 47.8 Å². The highest BCUT2D eigenvalue weighted by Gasteiger charge is 2.15. The van der Waals surface area contributed by atoms with Gasteiger partial charge in [-0.3, -0.25) is 0 Å². The molecule has 2 aromatic carbocycles. The summed E-state index contributed by atoms with van der Waals surface area (Å²) >= 11 is 9.87. The fourth-order valence-corrected chi connectivity index (χ4v) is 2.82. The molecule has 0 amide bonds. The number of hydrogen-bond donors (Lipinski definition) is 1. The Morgan fingerprint density at radius 1 is 0.944 bits per heavy atom. The molecule has 1 atom stereocenters. The van der Waals surface area contributed by atoms with E-state index in [1.165, 1.54) is 6.07 Å². The third kappa shape index (κ3) is 3.02. The quantitative estimate of drug-likeness (QED) is 0.683. The van der Waals surface area contributed by atoms with Gasteiger partial charge in [-0.2, -0.15) is 0 Å². The molecule has 2 aromatic rings. The number of aliphatic hydroxyl groups is 1. The molecule has 0 saturated carbocycles. The Labute approximate surface area is 129 Å². The molecular weight excluding hydrogens is 431 g/mol. The van der Waals surface area contributed by atoms with Gasteiger partial charge in [-0.1, -0.05) is 37.9 Å². The van der Waals surface area contributed by atoms with E-state index >= 15 is 0 Å². The van der Waals surface area contributed by atoms with Crippen molar-refractivity contribution >= 4 is 47.8 Å². The normalized spacial score (nSPS) is 12.5. The molecular formula is C13H8Br3FO. The van der Waals surface area contributed by atoms with Gasteiger partial charge in [0.1, 0.15) is 11.9 Å². The SMILES string of the molecule is OC(c1ccc(F)c(Br)c1)c1cc(Br)ccc1Br. The highest BCUT2D eigenvalue weighted by Crippen LogP contribution is 2.32. The largest absolute Gasteiger partial charge is 0.384 e. The fourth-order valence-electron chi connectivity index (χ4n) is 1.59. The Hall–Kier alpha value is -0.230. The van der Waals surface area contributed by atoms with Crippen LogP contribution in [0, 0.1) is 5.82 Å². The van der Waals surface area contributed by atoms with E-state index in [4.69, 9.17) is 0 Å². The molecule has 1 unspecified atom stereocenters. The first-order chi connectivity index (χ1) is 8.49. The van der Waals surface area contributed by atoms with Gasteiger partial charge in [0.25, 0.3) is 0 Å². The van der Waals surface area contributed by atoms with E-state index in [-0.39, 0.29) is 5.82 Å². The lowest BCUT2D eigenvalue weighted by Crippen LogP contribution is -2.01. The van der Waals surface area contributed by atoms with Crippen molar-refractivity contribution in [2.24, 2.45) is 0 Å². The molecule has 0 radical (unpaired) electrons. The van der Waals surface area contributed by atoms with E-state index < -0.39 is 6.10 Å². The van der Waals surface area contributed by atoms with Crippen LogP contribution in [-0.4, -0.2) is 5.11 Å². The van der Waals surface area contributed by atoms with Crippen LogP contribution in [0.3, 0.4) is 0 Å². The van der Waals surface area contributed by atoms with Gasteiger partial charge in [0.05, 0.1) is 4.47 Å². The van der Waals surface area contributed by atoms with E-state index in [0.717, 1.165) is 14.5 Å². The van der Waals surface area contributed by atoms with Crippen molar-refractivity contribution in [3.63, 3.8) is 0 Å². The zero-order valence-electron chi connectivity index (χ0n) is 9.00. The lowest BCUT2D eigenvalue weighted by molar-refractivity contribution is 0.219. The minimum Gasteiger partial charge on any atom is -0.384 e. The summed E-state index contributed by atoms with van der Waals surface area (Å²) < 4.78 is 15.2. The molecule has 0 saturated heterocycles. The van der Waals surface area contributed by atoms with Crippen molar-refractivity contribution in [3.05, 3.63) is 66.8 Å². The Morgan fingerprint density at radius 3 is 2.33 bits per heavy atom. The number of aliphatic hydroxyl groups excluding tert-OH is 1. The molecule has 5 heteroatoms. The van der Waals surface area contributed by atoms with Gasteiger partial charge >= 0.3 is 0 Å². The zero-order chi connectivity index (χ0) is 13.3. The molecule has 0 aliphatic rings. The molecule has 2 rings (SSSR count). The Morgan fingerprint density at radius 2 is 1.67 bits per heavy atom. The number of hydrogen-bond acceptors (Lipinski definition) is 1. The highest BCUT2D eigenvalue weighted by atomic mass is 79.9. The summed E-state index contributed by atoms with van der Waals surface area (Å²) in [7, 11) is 0. The molecule has 18 heavy (non-hydrogen) atoms. The van der Waals surface area contributed by atoms with Crippen LogP contribution in [0.4, 0.5) is 4.39 Å². The van der Waals surface area contributed by atoms with Gasteiger partial charge in [-0.05, 0) is 51.8 Å². The molecule has 1 N–H and O–H groups in total. The van der Waals surface area contributed by atoms with Crippen LogP contribution in [-0.2, 0) is 0 Å². The highest BCUT2D eigenvalue weighted by molar-refractivity contribution is 9.11. The molecule has 0 aliphatic heterocycles. The van der Waals surface area contributed by atoms with Crippen LogP contribution in [0.15, 0.2) is 49.8 Å². The van der Waals surface area contributed by atoms with Gasteiger partial charge < -0.3 is 5.11 Å². The maximum absolute atomic E-state index is 13.2. The maximum Gasteiger partial charge on any atom is 0.137 e. The first-order valence-electron chi connectivity index (χ1n) is 5.07. The zero-order valence-corrected chi connectivity index (χ0v) is 13.8. The molecule has 0 spiro atoms. The van der Waals surface area contributed by atoms with E-state index in [0.29, 0.717) is 10.0 Å². The van der Waals surface area contributed by atoms with Gasteiger partial charge in [-0.15, -0.1) is 0 Å². The average Bonchev–Trinajstić information content (AvgIpc) is 2.35. The van der Waals surface area contributed by atoms with Crippen molar-refractivity contribution in [3.8, 4) is 0 Å². The van der Waals surface area contributed by atoms with E-state index in [1.807, 2.05) is 18.2 Å². The minimum absolute atomic E-state index is 0.338. The van der Waals surface area contributed by atoms with Crippen LogP contribution < -0.4 is 0 Å². The average molecular weight is 439 g/mol. The van der Waals surface area contributed by atoms with Crippen LogP contribution in [0.5, 0.6) is 0 Å². The third-order valence-corrected chi connectivity index (χ3v) is 4.34. The van der Waals surface area contributed by atoms with E-state index in [9.17, 15) is 9.50 Å². The second-order valence-electron chi connectivity index (χ2n) is 3.74. The predicted octanol–water partition coefficient (Wildman–Crippen LogP) is 5.19. The van der Waals surface area contributed by atoms with Crippen molar-refractivity contribution in [1.29, 1.82) is 0 Å². The van der Waals surface area contributed by atoms with Gasteiger partial charge in [0, 0.05) is 14.5 Å². The van der Waals surface area contributed by atoms with Crippen LogP contribution in [0.2, 0.25) is 0 Å². The first-order valence-corrected chi connectivity index (χ1v) is 7.45. The predicted molar refractivity (Wildman–Crippen MR) is 80.0 cm³/mol. The summed E-state index contributed by atoms with van der Waals surface area (Å²) in [6, 6.07) is 10.0.